The Labute approximate surface area is 107 Å². The highest BCUT2D eigenvalue weighted by Gasteiger charge is 2.15. The van der Waals surface area contributed by atoms with Gasteiger partial charge in [-0.05, 0) is 25.0 Å². The third kappa shape index (κ3) is 3.48. The van der Waals surface area contributed by atoms with E-state index in [1.807, 2.05) is 25.1 Å². The molecular weight excluding hydrogens is 232 g/mol. The monoisotopic (exact) mass is 250 g/mol. The van der Waals surface area contributed by atoms with Crippen molar-refractivity contribution in [3.05, 3.63) is 29.3 Å². The molecule has 5 heteroatoms. The molecule has 1 aromatic carbocycles. The summed E-state index contributed by atoms with van der Waals surface area (Å²) in [5, 5.41) is 0. The second-order valence-electron chi connectivity index (χ2n) is 4.16. The van der Waals surface area contributed by atoms with Gasteiger partial charge in [-0.1, -0.05) is 17.7 Å². The summed E-state index contributed by atoms with van der Waals surface area (Å²) in [6, 6.07) is 5.85. The van der Waals surface area contributed by atoms with Gasteiger partial charge in [0.15, 0.2) is 0 Å². The first-order valence-corrected chi connectivity index (χ1v) is 5.64. The second-order valence-corrected chi connectivity index (χ2v) is 4.16. The molecule has 2 N–H and O–H groups in total. The van der Waals surface area contributed by atoms with Crippen LogP contribution in [0.1, 0.15) is 11.1 Å². The lowest BCUT2D eigenvalue weighted by atomic mass is 10.1. The summed E-state index contributed by atoms with van der Waals surface area (Å²) >= 11 is 0. The number of hydrogen-bond donors (Lipinski definition) is 1. The fourth-order valence-corrected chi connectivity index (χ4v) is 1.68. The van der Waals surface area contributed by atoms with Crippen molar-refractivity contribution in [2.24, 2.45) is 5.73 Å². The minimum atomic E-state index is -0.936. The van der Waals surface area contributed by atoms with E-state index < -0.39 is 11.8 Å². The highest BCUT2D eigenvalue weighted by Crippen LogP contribution is 2.20. The quantitative estimate of drug-likeness (QED) is 0.790. The van der Waals surface area contributed by atoms with E-state index in [9.17, 15) is 9.59 Å². The molecule has 2 amide bonds. The summed E-state index contributed by atoms with van der Waals surface area (Å²) < 4.78 is 5.25. The SMILES string of the molecule is COc1ccc(C)cc1CCN(C)C(=O)C(N)=O. The standard InChI is InChI=1S/C13H18N2O3/c1-9-4-5-11(18-3)10(8-9)6-7-15(2)13(17)12(14)16/h4-5,8H,6-7H2,1-3H3,(H2,14,16). The van der Waals surface area contributed by atoms with Crippen molar-refractivity contribution in [2.45, 2.75) is 13.3 Å². The highest BCUT2D eigenvalue weighted by molar-refractivity contribution is 6.34. The Kier molecular flexibility index (Phi) is 4.71. The molecule has 0 aliphatic heterocycles. The predicted octanol–water partition coefficient (Wildman–Crippen LogP) is 0.490. The number of benzene rings is 1. The zero-order valence-corrected chi connectivity index (χ0v) is 10.9. The van der Waals surface area contributed by atoms with Gasteiger partial charge in [0.25, 0.3) is 0 Å². The largest absolute Gasteiger partial charge is 0.496 e. The van der Waals surface area contributed by atoms with E-state index in [0.29, 0.717) is 13.0 Å². The molecule has 98 valence electrons. The number of primary amides is 1. The molecule has 1 aromatic rings. The second kappa shape index (κ2) is 6.05. The van der Waals surface area contributed by atoms with Crippen LogP contribution in [0.4, 0.5) is 0 Å². The number of methoxy groups -OCH3 is 1. The molecular formula is C13H18N2O3. The molecule has 0 saturated carbocycles. The van der Waals surface area contributed by atoms with E-state index in [0.717, 1.165) is 16.9 Å². The van der Waals surface area contributed by atoms with Gasteiger partial charge in [-0.25, -0.2) is 0 Å². The van der Waals surface area contributed by atoms with Crippen molar-refractivity contribution in [1.29, 1.82) is 0 Å². The lowest BCUT2D eigenvalue weighted by Crippen LogP contribution is -2.38. The van der Waals surface area contributed by atoms with Crippen molar-refractivity contribution in [2.75, 3.05) is 20.7 Å². The summed E-state index contributed by atoms with van der Waals surface area (Å²) in [5.41, 5.74) is 7.05. The minimum Gasteiger partial charge on any atom is -0.496 e. The maximum Gasteiger partial charge on any atom is 0.311 e. The smallest absolute Gasteiger partial charge is 0.311 e. The molecule has 5 nitrogen and oxygen atoms in total. The molecule has 0 aliphatic carbocycles. The first-order valence-electron chi connectivity index (χ1n) is 5.64. The van der Waals surface area contributed by atoms with Crippen LogP contribution in [-0.4, -0.2) is 37.4 Å². The van der Waals surface area contributed by atoms with Crippen molar-refractivity contribution >= 4 is 11.8 Å². The number of likely N-dealkylation sites (N-methyl/N-ethyl adjacent to an activating group) is 1. The molecule has 0 radical (unpaired) electrons. The molecule has 18 heavy (non-hydrogen) atoms. The number of ether oxygens (including phenoxy) is 1. The van der Waals surface area contributed by atoms with Crippen LogP contribution in [0.25, 0.3) is 0 Å². The van der Waals surface area contributed by atoms with Crippen molar-refractivity contribution < 1.29 is 14.3 Å². The van der Waals surface area contributed by atoms with Crippen molar-refractivity contribution in [3.8, 4) is 5.75 Å². The van der Waals surface area contributed by atoms with Gasteiger partial charge in [0, 0.05) is 13.6 Å². The zero-order valence-electron chi connectivity index (χ0n) is 10.9. The van der Waals surface area contributed by atoms with Crippen LogP contribution >= 0.6 is 0 Å². The van der Waals surface area contributed by atoms with Gasteiger partial charge in [-0.15, -0.1) is 0 Å². The molecule has 0 atom stereocenters. The van der Waals surface area contributed by atoms with E-state index in [1.165, 1.54) is 4.90 Å². The first-order chi connectivity index (χ1) is 8.45. The van der Waals surface area contributed by atoms with Crippen LogP contribution in [0.15, 0.2) is 18.2 Å². The molecule has 0 spiro atoms. The number of rotatable bonds is 4. The van der Waals surface area contributed by atoms with Gasteiger partial charge in [-0.3, -0.25) is 9.59 Å². The molecule has 0 fully saturated rings. The normalized spacial score (nSPS) is 9.94. The van der Waals surface area contributed by atoms with Gasteiger partial charge in [0.2, 0.25) is 0 Å². The van der Waals surface area contributed by atoms with Crippen LogP contribution in [0.3, 0.4) is 0 Å². The van der Waals surface area contributed by atoms with Gasteiger partial charge in [0.1, 0.15) is 5.75 Å². The summed E-state index contributed by atoms with van der Waals surface area (Å²) in [5.74, 6) is -0.837. The maximum absolute atomic E-state index is 11.3. The van der Waals surface area contributed by atoms with E-state index in [4.69, 9.17) is 10.5 Å². The Morgan fingerprint density at radius 3 is 2.61 bits per heavy atom. The Morgan fingerprint density at radius 1 is 1.39 bits per heavy atom. The Morgan fingerprint density at radius 2 is 2.06 bits per heavy atom. The predicted molar refractivity (Wildman–Crippen MR) is 68.3 cm³/mol. The molecule has 0 aromatic heterocycles. The van der Waals surface area contributed by atoms with E-state index in [1.54, 1.807) is 14.2 Å². The Balaban J connectivity index is 2.71. The number of carbonyl (C=O) groups is 2. The number of aryl methyl sites for hydroxylation is 1. The van der Waals surface area contributed by atoms with Crippen molar-refractivity contribution in [1.82, 2.24) is 4.90 Å². The highest BCUT2D eigenvalue weighted by atomic mass is 16.5. The summed E-state index contributed by atoms with van der Waals surface area (Å²) in [4.78, 5) is 23.4. The molecule has 0 saturated heterocycles. The van der Waals surface area contributed by atoms with Crippen LogP contribution in [0, 0.1) is 6.92 Å². The molecule has 0 heterocycles. The molecule has 1 rings (SSSR count). The van der Waals surface area contributed by atoms with Crippen LogP contribution < -0.4 is 10.5 Å². The molecule has 0 unspecified atom stereocenters. The average molecular weight is 250 g/mol. The lowest BCUT2D eigenvalue weighted by molar-refractivity contribution is -0.143. The van der Waals surface area contributed by atoms with Gasteiger partial charge in [-0.2, -0.15) is 0 Å². The number of nitrogens with two attached hydrogens (primary N) is 1. The summed E-state index contributed by atoms with van der Waals surface area (Å²) in [6.07, 6.45) is 0.611. The number of hydrogen-bond acceptors (Lipinski definition) is 3. The summed E-state index contributed by atoms with van der Waals surface area (Å²) in [6.45, 7) is 2.41. The number of carbonyl (C=O) groups excluding carboxylic acids is 2. The van der Waals surface area contributed by atoms with E-state index in [2.05, 4.69) is 0 Å². The fraction of sp³-hybridized carbons (Fsp3) is 0.385. The van der Waals surface area contributed by atoms with Crippen LogP contribution in [-0.2, 0) is 16.0 Å². The topological polar surface area (TPSA) is 72.6 Å². The van der Waals surface area contributed by atoms with Gasteiger partial charge < -0.3 is 15.4 Å². The zero-order chi connectivity index (χ0) is 13.7. The molecule has 0 bridgehead atoms. The Hall–Kier alpha value is -2.04. The lowest BCUT2D eigenvalue weighted by Gasteiger charge is -2.16. The Bertz CT molecular complexity index is 458. The third-order valence-corrected chi connectivity index (χ3v) is 2.71. The first kappa shape index (κ1) is 14.0. The van der Waals surface area contributed by atoms with E-state index >= 15 is 0 Å². The van der Waals surface area contributed by atoms with Crippen LogP contribution in [0.5, 0.6) is 5.75 Å². The average Bonchev–Trinajstić information content (AvgIpc) is 2.35. The van der Waals surface area contributed by atoms with E-state index in [-0.39, 0.29) is 0 Å². The fourth-order valence-electron chi connectivity index (χ4n) is 1.68. The molecule has 0 aliphatic rings. The van der Waals surface area contributed by atoms with Gasteiger partial charge in [0.05, 0.1) is 7.11 Å². The van der Waals surface area contributed by atoms with Crippen molar-refractivity contribution in [3.63, 3.8) is 0 Å². The van der Waals surface area contributed by atoms with Gasteiger partial charge >= 0.3 is 11.8 Å². The summed E-state index contributed by atoms with van der Waals surface area (Å²) in [7, 11) is 3.15. The number of nitrogens with zero attached hydrogens (tertiary/aromatic N) is 1. The van der Waals surface area contributed by atoms with Crippen LogP contribution in [0.2, 0.25) is 0 Å². The third-order valence-electron chi connectivity index (χ3n) is 2.71. The minimum absolute atomic E-state index is 0.418. The maximum atomic E-state index is 11.3. The number of amides is 2.